The fourth-order valence-electron chi connectivity index (χ4n) is 2.96. The Kier molecular flexibility index (Phi) is 5.37. The normalized spacial score (nSPS) is 25.6. The van der Waals surface area contributed by atoms with Crippen LogP contribution in [0.25, 0.3) is 0 Å². The topological polar surface area (TPSA) is 72.9 Å². The highest BCUT2D eigenvalue weighted by Crippen LogP contribution is 2.16. The second-order valence-electron chi connectivity index (χ2n) is 5.83. The van der Waals surface area contributed by atoms with Crippen LogP contribution in [0.15, 0.2) is 0 Å². The van der Waals surface area contributed by atoms with E-state index in [1.807, 2.05) is 9.80 Å². The second kappa shape index (κ2) is 7.04. The fourth-order valence-corrected chi connectivity index (χ4v) is 2.96. The molecule has 0 radical (unpaired) electrons. The molecule has 0 aromatic heterocycles. The van der Waals surface area contributed by atoms with Gasteiger partial charge in [0.05, 0.1) is 0 Å². The summed E-state index contributed by atoms with van der Waals surface area (Å²) in [5.74, 6) is 0.0744. The van der Waals surface area contributed by atoms with E-state index in [2.05, 4.69) is 5.32 Å². The lowest BCUT2D eigenvalue weighted by Crippen LogP contribution is -2.53. The first-order chi connectivity index (χ1) is 9.58. The number of carboxylic acid groups (broad SMARTS) is 1. The van der Waals surface area contributed by atoms with Gasteiger partial charge < -0.3 is 15.3 Å². The van der Waals surface area contributed by atoms with Gasteiger partial charge >= 0.3 is 5.97 Å². The van der Waals surface area contributed by atoms with Crippen molar-refractivity contribution < 1.29 is 14.7 Å². The van der Waals surface area contributed by atoms with Crippen LogP contribution in [0.1, 0.15) is 26.2 Å². The predicted octanol–water partition coefficient (Wildman–Crippen LogP) is -0.00660. The van der Waals surface area contributed by atoms with Crippen LogP contribution >= 0.6 is 0 Å². The van der Waals surface area contributed by atoms with E-state index in [9.17, 15) is 9.59 Å². The minimum absolute atomic E-state index is 0.222. The zero-order chi connectivity index (χ0) is 14.5. The van der Waals surface area contributed by atoms with E-state index in [0.29, 0.717) is 38.5 Å². The summed E-state index contributed by atoms with van der Waals surface area (Å²) in [4.78, 5) is 26.9. The number of aliphatic carboxylic acids is 1. The number of nitrogens with one attached hydrogen (secondary N) is 1. The van der Waals surface area contributed by atoms with Gasteiger partial charge in [0, 0.05) is 32.6 Å². The molecule has 0 saturated carbocycles. The lowest BCUT2D eigenvalue weighted by atomic mass is 10.0. The summed E-state index contributed by atoms with van der Waals surface area (Å²) in [7, 11) is 0. The maximum atomic E-state index is 12.1. The largest absolute Gasteiger partial charge is 0.480 e. The van der Waals surface area contributed by atoms with Crippen molar-refractivity contribution in [3.8, 4) is 0 Å². The van der Waals surface area contributed by atoms with Crippen molar-refractivity contribution in [2.24, 2.45) is 5.92 Å². The first kappa shape index (κ1) is 15.3. The molecule has 0 aromatic rings. The van der Waals surface area contributed by atoms with Gasteiger partial charge in [0.25, 0.3) is 0 Å². The summed E-state index contributed by atoms with van der Waals surface area (Å²) in [5, 5.41) is 12.3. The van der Waals surface area contributed by atoms with E-state index in [4.69, 9.17) is 5.11 Å². The highest BCUT2D eigenvalue weighted by molar-refractivity contribution is 5.76. The van der Waals surface area contributed by atoms with Crippen LogP contribution in [0, 0.1) is 5.92 Å². The van der Waals surface area contributed by atoms with E-state index in [1.54, 1.807) is 6.92 Å². The number of amides is 1. The highest BCUT2D eigenvalue weighted by atomic mass is 16.4. The Morgan fingerprint density at radius 1 is 1.30 bits per heavy atom. The zero-order valence-corrected chi connectivity index (χ0v) is 12.2. The molecule has 0 spiro atoms. The molecule has 0 aromatic carbocycles. The van der Waals surface area contributed by atoms with Gasteiger partial charge in [0.15, 0.2) is 0 Å². The number of nitrogens with zero attached hydrogens (tertiary/aromatic N) is 2. The lowest BCUT2D eigenvalue weighted by molar-refractivity contribution is -0.144. The molecule has 2 aliphatic heterocycles. The Labute approximate surface area is 120 Å². The zero-order valence-electron chi connectivity index (χ0n) is 12.2. The van der Waals surface area contributed by atoms with Crippen molar-refractivity contribution in [1.82, 2.24) is 15.1 Å². The summed E-state index contributed by atoms with van der Waals surface area (Å²) in [6, 6.07) is -0.461. The van der Waals surface area contributed by atoms with Crippen molar-refractivity contribution >= 4 is 11.9 Å². The van der Waals surface area contributed by atoms with E-state index in [0.717, 1.165) is 19.5 Å². The average Bonchev–Trinajstić information content (AvgIpc) is 2.97. The van der Waals surface area contributed by atoms with Gasteiger partial charge in [0.1, 0.15) is 6.04 Å². The third kappa shape index (κ3) is 3.93. The molecular formula is C14H25N3O3. The molecule has 20 heavy (non-hydrogen) atoms. The Morgan fingerprint density at radius 2 is 2.00 bits per heavy atom. The number of carboxylic acids is 1. The van der Waals surface area contributed by atoms with Crippen molar-refractivity contribution in [3.63, 3.8) is 0 Å². The number of carbonyl (C=O) groups is 2. The van der Waals surface area contributed by atoms with E-state index >= 15 is 0 Å². The Balaban J connectivity index is 1.69. The van der Waals surface area contributed by atoms with Gasteiger partial charge in [-0.25, -0.2) is 0 Å². The minimum Gasteiger partial charge on any atom is -0.480 e. The SMILES string of the molecule is CC(C(=O)O)N1CCN(C(=O)CCC2CCNC2)CC1. The summed E-state index contributed by atoms with van der Waals surface area (Å²) >= 11 is 0. The van der Waals surface area contributed by atoms with Crippen LogP contribution in [0.5, 0.6) is 0 Å². The second-order valence-corrected chi connectivity index (χ2v) is 5.83. The fraction of sp³-hybridized carbons (Fsp3) is 0.857. The molecule has 2 unspecified atom stereocenters. The molecule has 6 heteroatoms. The maximum absolute atomic E-state index is 12.1. The van der Waals surface area contributed by atoms with Crippen molar-refractivity contribution in [2.45, 2.75) is 32.2 Å². The van der Waals surface area contributed by atoms with Crippen LogP contribution in [0.4, 0.5) is 0 Å². The molecule has 1 amide bonds. The Bertz CT molecular complexity index is 348. The molecule has 2 aliphatic rings. The molecule has 0 aliphatic carbocycles. The molecular weight excluding hydrogens is 258 g/mol. The number of rotatable bonds is 5. The number of carbonyl (C=O) groups excluding carboxylic acids is 1. The third-order valence-corrected chi connectivity index (χ3v) is 4.50. The molecule has 114 valence electrons. The Hall–Kier alpha value is -1.14. The standard InChI is InChI=1S/C14H25N3O3/c1-11(14(19)20)16-6-8-17(9-7-16)13(18)3-2-12-4-5-15-10-12/h11-12,15H,2-10H2,1H3,(H,19,20). The molecule has 2 rings (SSSR count). The van der Waals surface area contributed by atoms with Crippen LogP contribution < -0.4 is 5.32 Å². The Morgan fingerprint density at radius 3 is 2.55 bits per heavy atom. The number of hydrogen-bond acceptors (Lipinski definition) is 4. The molecule has 2 N–H and O–H groups in total. The number of hydrogen-bond donors (Lipinski definition) is 2. The van der Waals surface area contributed by atoms with Crippen LogP contribution in [0.2, 0.25) is 0 Å². The van der Waals surface area contributed by atoms with Gasteiger partial charge in [-0.05, 0) is 38.8 Å². The van der Waals surface area contributed by atoms with Gasteiger partial charge in [-0.3, -0.25) is 14.5 Å². The van der Waals surface area contributed by atoms with Crippen LogP contribution in [0.3, 0.4) is 0 Å². The van der Waals surface area contributed by atoms with E-state index in [-0.39, 0.29) is 5.91 Å². The van der Waals surface area contributed by atoms with Gasteiger partial charge in [0.2, 0.25) is 5.91 Å². The predicted molar refractivity (Wildman–Crippen MR) is 75.5 cm³/mol. The van der Waals surface area contributed by atoms with Gasteiger partial charge in [-0.15, -0.1) is 0 Å². The van der Waals surface area contributed by atoms with Gasteiger partial charge in [-0.2, -0.15) is 0 Å². The molecule has 2 saturated heterocycles. The average molecular weight is 283 g/mol. The molecule has 2 heterocycles. The summed E-state index contributed by atoms with van der Waals surface area (Å²) < 4.78 is 0. The summed E-state index contributed by atoms with van der Waals surface area (Å²) in [6.45, 7) is 6.43. The number of piperazine rings is 1. The summed E-state index contributed by atoms with van der Waals surface area (Å²) in [5.41, 5.74) is 0. The van der Waals surface area contributed by atoms with Crippen LogP contribution in [-0.4, -0.2) is 72.1 Å². The van der Waals surface area contributed by atoms with Crippen molar-refractivity contribution in [3.05, 3.63) is 0 Å². The molecule has 2 fully saturated rings. The smallest absolute Gasteiger partial charge is 0.320 e. The van der Waals surface area contributed by atoms with Crippen molar-refractivity contribution in [2.75, 3.05) is 39.3 Å². The molecule has 0 bridgehead atoms. The van der Waals surface area contributed by atoms with Crippen LogP contribution in [-0.2, 0) is 9.59 Å². The molecule has 2 atom stereocenters. The van der Waals surface area contributed by atoms with E-state index in [1.165, 1.54) is 6.42 Å². The third-order valence-electron chi connectivity index (χ3n) is 4.50. The molecule has 6 nitrogen and oxygen atoms in total. The van der Waals surface area contributed by atoms with E-state index < -0.39 is 12.0 Å². The highest BCUT2D eigenvalue weighted by Gasteiger charge is 2.27. The first-order valence-corrected chi connectivity index (χ1v) is 7.53. The summed E-state index contributed by atoms with van der Waals surface area (Å²) in [6.07, 6.45) is 2.77. The quantitative estimate of drug-likeness (QED) is 0.742. The lowest BCUT2D eigenvalue weighted by Gasteiger charge is -2.36. The van der Waals surface area contributed by atoms with Gasteiger partial charge in [-0.1, -0.05) is 0 Å². The maximum Gasteiger partial charge on any atom is 0.320 e. The minimum atomic E-state index is -0.793. The van der Waals surface area contributed by atoms with Crippen molar-refractivity contribution in [1.29, 1.82) is 0 Å². The first-order valence-electron chi connectivity index (χ1n) is 7.53. The monoisotopic (exact) mass is 283 g/mol.